The molecule has 0 saturated heterocycles. The number of ether oxygens (including phenoxy) is 1. The third-order valence-electron chi connectivity index (χ3n) is 2.85. The smallest absolute Gasteiger partial charge is 0.122 e. The van der Waals surface area contributed by atoms with E-state index in [1.807, 2.05) is 12.1 Å². The molecule has 0 amide bonds. The molecule has 0 spiro atoms. The quantitative estimate of drug-likeness (QED) is 0.677. The van der Waals surface area contributed by atoms with Crippen LogP contribution < -0.4 is 4.74 Å². The number of hydrogen-bond donors (Lipinski definition) is 0. The van der Waals surface area contributed by atoms with Crippen molar-refractivity contribution < 1.29 is 4.74 Å². The van der Waals surface area contributed by atoms with Crippen LogP contribution in [0.2, 0.25) is 0 Å². The number of fused-ring (bicyclic) bond motifs is 1. The Labute approximate surface area is 91.1 Å². The zero-order chi connectivity index (χ0) is 10.7. The first-order chi connectivity index (χ1) is 7.36. The highest BCUT2D eigenvalue weighted by Gasteiger charge is 2.14. The minimum atomic E-state index is 0.945. The summed E-state index contributed by atoms with van der Waals surface area (Å²) in [6.07, 6.45) is 7.40. The van der Waals surface area contributed by atoms with E-state index in [0.717, 1.165) is 25.0 Å². The van der Waals surface area contributed by atoms with E-state index in [4.69, 9.17) is 4.74 Å². The Morgan fingerprint density at radius 2 is 2.33 bits per heavy atom. The van der Waals surface area contributed by atoms with E-state index in [2.05, 4.69) is 24.8 Å². The predicted octanol–water partition coefficient (Wildman–Crippen LogP) is 3.60. The molecule has 0 atom stereocenters. The topological polar surface area (TPSA) is 9.23 Å². The summed E-state index contributed by atoms with van der Waals surface area (Å²) in [6, 6.07) is 6.27. The van der Waals surface area contributed by atoms with Crippen molar-refractivity contribution in [3.63, 3.8) is 0 Å². The molecule has 0 radical (unpaired) electrons. The van der Waals surface area contributed by atoms with Gasteiger partial charge < -0.3 is 4.74 Å². The van der Waals surface area contributed by atoms with Gasteiger partial charge in [0.05, 0.1) is 7.11 Å². The van der Waals surface area contributed by atoms with Gasteiger partial charge in [-0.05, 0) is 36.5 Å². The molecule has 0 bridgehead atoms. The molecule has 0 N–H and O–H groups in total. The summed E-state index contributed by atoms with van der Waals surface area (Å²) in [4.78, 5) is 0. The highest BCUT2D eigenvalue weighted by atomic mass is 16.5. The van der Waals surface area contributed by atoms with Crippen LogP contribution in [-0.2, 0) is 6.42 Å². The first-order valence-electron chi connectivity index (χ1n) is 5.33. The number of methoxy groups -OCH3 is 1. The van der Waals surface area contributed by atoms with Crippen molar-refractivity contribution in [1.29, 1.82) is 0 Å². The standard InChI is InChI=1S/C14H16O/c1-3-6-11-7-4-9-13-12(11)8-5-10-14(13)15-2/h3,5,7-8,10H,1,4,6,9H2,2H3. The maximum Gasteiger partial charge on any atom is 0.122 e. The number of hydrogen-bond acceptors (Lipinski definition) is 1. The molecule has 0 unspecified atom stereocenters. The molecule has 0 aliphatic heterocycles. The van der Waals surface area contributed by atoms with Gasteiger partial charge in [0.15, 0.2) is 0 Å². The molecule has 1 aromatic carbocycles. The molecule has 0 fully saturated rings. The van der Waals surface area contributed by atoms with Crippen LogP contribution in [0.4, 0.5) is 0 Å². The Morgan fingerprint density at radius 3 is 3.07 bits per heavy atom. The van der Waals surface area contributed by atoms with Crippen molar-refractivity contribution in [2.24, 2.45) is 0 Å². The lowest BCUT2D eigenvalue weighted by molar-refractivity contribution is 0.409. The van der Waals surface area contributed by atoms with Crippen molar-refractivity contribution in [3.8, 4) is 5.75 Å². The van der Waals surface area contributed by atoms with E-state index in [1.54, 1.807) is 7.11 Å². The lowest BCUT2D eigenvalue weighted by Gasteiger charge is -2.19. The molecular formula is C14H16O. The second kappa shape index (κ2) is 4.35. The SMILES string of the molecule is C=CCC1=CCCc2c(OC)cccc21. The maximum absolute atomic E-state index is 5.39. The molecule has 0 aromatic heterocycles. The fourth-order valence-corrected chi connectivity index (χ4v) is 2.17. The van der Waals surface area contributed by atoms with Gasteiger partial charge in [-0.1, -0.05) is 24.3 Å². The molecule has 0 saturated carbocycles. The van der Waals surface area contributed by atoms with Crippen LogP contribution in [0, 0.1) is 0 Å². The summed E-state index contributed by atoms with van der Waals surface area (Å²) in [5.74, 6) is 1.02. The minimum Gasteiger partial charge on any atom is -0.496 e. The van der Waals surface area contributed by atoms with Gasteiger partial charge in [0.2, 0.25) is 0 Å². The van der Waals surface area contributed by atoms with Crippen molar-refractivity contribution in [2.45, 2.75) is 19.3 Å². The third kappa shape index (κ3) is 1.82. The molecular weight excluding hydrogens is 184 g/mol. The molecule has 2 rings (SSSR count). The van der Waals surface area contributed by atoms with Crippen molar-refractivity contribution in [2.75, 3.05) is 7.11 Å². The van der Waals surface area contributed by atoms with E-state index >= 15 is 0 Å². The zero-order valence-electron chi connectivity index (χ0n) is 9.12. The second-order valence-electron chi connectivity index (χ2n) is 3.75. The summed E-state index contributed by atoms with van der Waals surface area (Å²) in [7, 11) is 1.74. The monoisotopic (exact) mass is 200 g/mol. The molecule has 0 heterocycles. The fourth-order valence-electron chi connectivity index (χ4n) is 2.17. The Balaban J connectivity index is 2.46. The largest absolute Gasteiger partial charge is 0.496 e. The van der Waals surface area contributed by atoms with Crippen LogP contribution in [0.25, 0.3) is 5.57 Å². The highest BCUT2D eigenvalue weighted by Crippen LogP contribution is 2.34. The van der Waals surface area contributed by atoms with Gasteiger partial charge in [0, 0.05) is 5.56 Å². The highest BCUT2D eigenvalue weighted by molar-refractivity contribution is 5.73. The molecule has 15 heavy (non-hydrogen) atoms. The van der Waals surface area contributed by atoms with Crippen LogP contribution >= 0.6 is 0 Å². The number of benzene rings is 1. The van der Waals surface area contributed by atoms with Crippen molar-refractivity contribution >= 4 is 5.57 Å². The van der Waals surface area contributed by atoms with Crippen LogP contribution in [0.1, 0.15) is 24.0 Å². The summed E-state index contributed by atoms with van der Waals surface area (Å²) in [5, 5.41) is 0. The summed E-state index contributed by atoms with van der Waals surface area (Å²) >= 11 is 0. The Morgan fingerprint density at radius 1 is 1.47 bits per heavy atom. The minimum absolute atomic E-state index is 0.945. The van der Waals surface area contributed by atoms with Gasteiger partial charge in [0.1, 0.15) is 5.75 Å². The van der Waals surface area contributed by atoms with Gasteiger partial charge in [-0.15, -0.1) is 6.58 Å². The van der Waals surface area contributed by atoms with Crippen molar-refractivity contribution in [1.82, 2.24) is 0 Å². The van der Waals surface area contributed by atoms with Gasteiger partial charge in [-0.2, -0.15) is 0 Å². The predicted molar refractivity (Wildman–Crippen MR) is 64.1 cm³/mol. The molecule has 78 valence electrons. The average molecular weight is 200 g/mol. The molecule has 1 aliphatic rings. The molecule has 1 aromatic rings. The van der Waals surface area contributed by atoms with Crippen LogP contribution in [0.3, 0.4) is 0 Å². The van der Waals surface area contributed by atoms with Crippen LogP contribution in [-0.4, -0.2) is 7.11 Å². The number of rotatable bonds is 3. The first-order valence-corrected chi connectivity index (χ1v) is 5.33. The summed E-state index contributed by atoms with van der Waals surface area (Å²) in [5.41, 5.74) is 4.06. The fraction of sp³-hybridized carbons (Fsp3) is 0.286. The maximum atomic E-state index is 5.39. The van der Waals surface area contributed by atoms with E-state index < -0.39 is 0 Å². The van der Waals surface area contributed by atoms with Gasteiger partial charge >= 0.3 is 0 Å². The second-order valence-corrected chi connectivity index (χ2v) is 3.75. The molecule has 1 nitrogen and oxygen atoms in total. The van der Waals surface area contributed by atoms with Crippen molar-refractivity contribution in [3.05, 3.63) is 48.1 Å². The van der Waals surface area contributed by atoms with E-state index in [-0.39, 0.29) is 0 Å². The molecule has 1 heteroatoms. The van der Waals surface area contributed by atoms with Gasteiger partial charge in [-0.25, -0.2) is 0 Å². The van der Waals surface area contributed by atoms with Gasteiger partial charge in [0.25, 0.3) is 0 Å². The summed E-state index contributed by atoms with van der Waals surface area (Å²) < 4.78 is 5.39. The lowest BCUT2D eigenvalue weighted by atomic mass is 9.88. The zero-order valence-corrected chi connectivity index (χ0v) is 9.12. The van der Waals surface area contributed by atoms with E-state index in [9.17, 15) is 0 Å². The first kappa shape index (κ1) is 10.0. The third-order valence-corrected chi connectivity index (χ3v) is 2.85. The Bertz CT molecular complexity index is 402. The van der Waals surface area contributed by atoms with Crippen LogP contribution in [0.5, 0.6) is 5.75 Å². The van der Waals surface area contributed by atoms with Gasteiger partial charge in [-0.3, -0.25) is 0 Å². The van der Waals surface area contributed by atoms with E-state index in [1.165, 1.54) is 16.7 Å². The average Bonchev–Trinajstić information content (AvgIpc) is 2.29. The van der Waals surface area contributed by atoms with Crippen LogP contribution in [0.15, 0.2) is 36.9 Å². The normalized spacial score (nSPS) is 14.1. The Kier molecular flexibility index (Phi) is 2.91. The molecule has 1 aliphatic carbocycles. The lowest BCUT2D eigenvalue weighted by Crippen LogP contribution is -2.02. The Hall–Kier alpha value is -1.50. The van der Waals surface area contributed by atoms with E-state index in [0.29, 0.717) is 0 Å². The number of allylic oxidation sites excluding steroid dienone is 3. The summed E-state index contributed by atoms with van der Waals surface area (Å²) in [6.45, 7) is 3.80.